The molecule has 8 nitrogen and oxygen atoms in total. The van der Waals surface area contributed by atoms with Crippen LogP contribution in [0.1, 0.15) is 31.2 Å². The SMILES string of the molecule is N#Cc1c[nH]c2c(Nc3cnnc(N[C@@H]4CCCC[C@@H]4N)n3)cccc12. The van der Waals surface area contributed by atoms with Crippen molar-refractivity contribution in [3.8, 4) is 6.07 Å². The van der Waals surface area contributed by atoms with Gasteiger partial charge in [0.05, 0.1) is 23.0 Å². The van der Waals surface area contributed by atoms with Crippen molar-refractivity contribution >= 4 is 28.4 Å². The molecule has 26 heavy (non-hydrogen) atoms. The zero-order valence-electron chi connectivity index (χ0n) is 14.2. The highest BCUT2D eigenvalue weighted by Gasteiger charge is 2.22. The van der Waals surface area contributed by atoms with E-state index >= 15 is 0 Å². The third-order valence-corrected chi connectivity index (χ3v) is 4.79. The van der Waals surface area contributed by atoms with Gasteiger partial charge < -0.3 is 21.4 Å². The maximum Gasteiger partial charge on any atom is 0.244 e. The van der Waals surface area contributed by atoms with Crippen LogP contribution in [0.5, 0.6) is 0 Å². The highest BCUT2D eigenvalue weighted by Crippen LogP contribution is 2.27. The van der Waals surface area contributed by atoms with Gasteiger partial charge in [0.25, 0.3) is 0 Å². The lowest BCUT2D eigenvalue weighted by atomic mass is 9.91. The van der Waals surface area contributed by atoms with Gasteiger partial charge in [-0.05, 0) is 18.9 Å². The molecule has 0 amide bonds. The summed E-state index contributed by atoms with van der Waals surface area (Å²) >= 11 is 0. The van der Waals surface area contributed by atoms with Gasteiger partial charge >= 0.3 is 0 Å². The van der Waals surface area contributed by atoms with Crippen LogP contribution in [0.4, 0.5) is 17.5 Å². The fraction of sp³-hybridized carbons (Fsp3) is 0.333. The summed E-state index contributed by atoms with van der Waals surface area (Å²) in [6, 6.07) is 8.19. The van der Waals surface area contributed by atoms with Crippen LogP contribution in [-0.2, 0) is 0 Å². The molecule has 0 aliphatic heterocycles. The Labute approximate surface area is 150 Å². The Hall–Kier alpha value is -3.18. The number of nitriles is 1. The van der Waals surface area contributed by atoms with E-state index in [1.165, 1.54) is 6.42 Å². The van der Waals surface area contributed by atoms with Crippen molar-refractivity contribution in [3.05, 3.63) is 36.2 Å². The fourth-order valence-electron chi connectivity index (χ4n) is 3.42. The summed E-state index contributed by atoms with van der Waals surface area (Å²) in [5, 5.41) is 24.7. The molecule has 0 spiro atoms. The number of aromatic nitrogens is 4. The lowest BCUT2D eigenvalue weighted by Gasteiger charge is -2.29. The second-order valence-electron chi connectivity index (χ2n) is 6.53. The first-order valence-corrected chi connectivity index (χ1v) is 8.73. The Morgan fingerprint density at radius 1 is 1.27 bits per heavy atom. The van der Waals surface area contributed by atoms with E-state index in [2.05, 4.69) is 36.9 Å². The van der Waals surface area contributed by atoms with Gasteiger partial charge in [-0.1, -0.05) is 25.0 Å². The molecular formula is C18H20N8. The number of benzene rings is 1. The van der Waals surface area contributed by atoms with Crippen LogP contribution in [0, 0.1) is 11.3 Å². The molecule has 0 saturated heterocycles. The number of nitrogens with zero attached hydrogens (tertiary/aromatic N) is 4. The van der Waals surface area contributed by atoms with Crippen LogP contribution in [-0.4, -0.2) is 32.2 Å². The van der Waals surface area contributed by atoms with Crippen LogP contribution in [0.2, 0.25) is 0 Å². The minimum atomic E-state index is 0.112. The Kier molecular flexibility index (Phi) is 4.37. The van der Waals surface area contributed by atoms with Gasteiger partial charge in [-0.15, -0.1) is 5.10 Å². The average molecular weight is 348 g/mol. The number of nitrogens with one attached hydrogen (secondary N) is 3. The lowest BCUT2D eigenvalue weighted by Crippen LogP contribution is -2.43. The molecule has 1 aromatic carbocycles. The van der Waals surface area contributed by atoms with Crippen LogP contribution < -0.4 is 16.4 Å². The highest BCUT2D eigenvalue weighted by atomic mass is 15.3. The van der Waals surface area contributed by atoms with Crippen molar-refractivity contribution in [1.82, 2.24) is 20.2 Å². The molecule has 0 unspecified atom stereocenters. The summed E-state index contributed by atoms with van der Waals surface area (Å²) in [5.74, 6) is 1.04. The van der Waals surface area contributed by atoms with E-state index in [9.17, 15) is 5.26 Å². The predicted octanol–water partition coefficient (Wildman–Crippen LogP) is 2.65. The maximum absolute atomic E-state index is 9.18. The Morgan fingerprint density at radius 3 is 3.00 bits per heavy atom. The molecule has 2 atom stereocenters. The third kappa shape index (κ3) is 3.17. The van der Waals surface area contributed by atoms with Gasteiger partial charge in [-0.3, -0.25) is 0 Å². The molecule has 4 rings (SSSR count). The predicted molar refractivity (Wildman–Crippen MR) is 100.0 cm³/mol. The topological polar surface area (TPSA) is 128 Å². The van der Waals surface area contributed by atoms with Crippen LogP contribution >= 0.6 is 0 Å². The average Bonchev–Trinajstić information content (AvgIpc) is 3.08. The van der Waals surface area contributed by atoms with E-state index in [0.29, 0.717) is 17.3 Å². The molecule has 2 aromatic heterocycles. The van der Waals surface area contributed by atoms with E-state index in [-0.39, 0.29) is 12.1 Å². The largest absolute Gasteiger partial charge is 0.358 e. The second-order valence-corrected chi connectivity index (χ2v) is 6.53. The van der Waals surface area contributed by atoms with Crippen molar-refractivity contribution in [2.45, 2.75) is 37.8 Å². The van der Waals surface area contributed by atoms with E-state index in [1.54, 1.807) is 12.4 Å². The molecule has 1 saturated carbocycles. The first kappa shape index (κ1) is 16.3. The van der Waals surface area contributed by atoms with Crippen LogP contribution in [0.25, 0.3) is 10.9 Å². The molecule has 0 bridgehead atoms. The fourth-order valence-corrected chi connectivity index (χ4v) is 3.42. The molecule has 2 heterocycles. The monoisotopic (exact) mass is 348 g/mol. The van der Waals surface area contributed by atoms with Gasteiger partial charge in [0.15, 0.2) is 5.82 Å². The van der Waals surface area contributed by atoms with Crippen molar-refractivity contribution in [2.75, 3.05) is 10.6 Å². The molecular weight excluding hydrogens is 328 g/mol. The van der Waals surface area contributed by atoms with E-state index in [1.807, 2.05) is 18.2 Å². The van der Waals surface area contributed by atoms with E-state index < -0.39 is 0 Å². The van der Waals surface area contributed by atoms with Gasteiger partial charge in [0, 0.05) is 23.7 Å². The van der Waals surface area contributed by atoms with E-state index in [4.69, 9.17) is 5.73 Å². The standard InChI is InChI=1S/C18H20N8/c19-8-11-9-21-17-12(11)4-3-7-15(17)23-16-10-22-26-18(25-16)24-14-6-2-1-5-13(14)20/h3-4,7,9-10,13-14,21H,1-2,5-6,20H2,(H2,23,24,25,26)/t13-,14+/m0/s1. The minimum Gasteiger partial charge on any atom is -0.358 e. The van der Waals surface area contributed by atoms with E-state index in [0.717, 1.165) is 35.9 Å². The first-order valence-electron chi connectivity index (χ1n) is 8.73. The number of aromatic amines is 1. The van der Waals surface area contributed by atoms with Crippen molar-refractivity contribution in [3.63, 3.8) is 0 Å². The molecule has 132 valence electrons. The highest BCUT2D eigenvalue weighted by molar-refractivity contribution is 5.96. The van der Waals surface area contributed by atoms with Crippen molar-refractivity contribution in [1.29, 1.82) is 5.26 Å². The zero-order valence-corrected chi connectivity index (χ0v) is 14.2. The van der Waals surface area contributed by atoms with Gasteiger partial charge in [0.1, 0.15) is 6.07 Å². The normalized spacial score (nSPS) is 19.8. The van der Waals surface area contributed by atoms with Crippen molar-refractivity contribution in [2.24, 2.45) is 5.73 Å². The van der Waals surface area contributed by atoms with Gasteiger partial charge in [0.2, 0.25) is 5.95 Å². The third-order valence-electron chi connectivity index (χ3n) is 4.79. The molecule has 5 N–H and O–H groups in total. The molecule has 8 heteroatoms. The van der Waals surface area contributed by atoms with Crippen molar-refractivity contribution < 1.29 is 0 Å². The Balaban J connectivity index is 1.56. The number of hydrogen-bond donors (Lipinski definition) is 4. The zero-order chi connectivity index (χ0) is 17.9. The second kappa shape index (κ2) is 6.98. The van der Waals surface area contributed by atoms with Crippen LogP contribution in [0.3, 0.4) is 0 Å². The molecule has 1 aliphatic rings. The summed E-state index contributed by atoms with van der Waals surface area (Å²) < 4.78 is 0. The quantitative estimate of drug-likeness (QED) is 0.570. The molecule has 1 aliphatic carbocycles. The Bertz CT molecular complexity index is 957. The number of fused-ring (bicyclic) bond motifs is 1. The minimum absolute atomic E-state index is 0.112. The maximum atomic E-state index is 9.18. The van der Waals surface area contributed by atoms with Gasteiger partial charge in [-0.2, -0.15) is 15.3 Å². The first-order chi connectivity index (χ1) is 12.7. The number of para-hydroxylation sites is 1. The summed E-state index contributed by atoms with van der Waals surface area (Å²) in [6.07, 6.45) is 7.63. The summed E-state index contributed by atoms with van der Waals surface area (Å²) in [5.41, 5.74) is 8.47. The number of hydrogen-bond acceptors (Lipinski definition) is 7. The summed E-state index contributed by atoms with van der Waals surface area (Å²) in [4.78, 5) is 7.63. The molecule has 0 radical (unpaired) electrons. The lowest BCUT2D eigenvalue weighted by molar-refractivity contribution is 0.402. The molecule has 3 aromatic rings. The smallest absolute Gasteiger partial charge is 0.244 e. The van der Waals surface area contributed by atoms with Gasteiger partial charge in [-0.25, -0.2) is 0 Å². The van der Waals surface area contributed by atoms with Crippen LogP contribution in [0.15, 0.2) is 30.6 Å². The Morgan fingerprint density at radius 2 is 2.15 bits per heavy atom. The summed E-state index contributed by atoms with van der Waals surface area (Å²) in [7, 11) is 0. The number of H-pyrrole nitrogens is 1. The number of rotatable bonds is 4. The summed E-state index contributed by atoms with van der Waals surface area (Å²) in [6.45, 7) is 0. The number of anilines is 3. The molecule has 1 fully saturated rings. The number of nitrogens with two attached hydrogens (primary N) is 1.